The third-order valence-corrected chi connectivity index (χ3v) is 3.30. The molecular formula is C17H15N. The third kappa shape index (κ3) is 2.16. The summed E-state index contributed by atoms with van der Waals surface area (Å²) in [6.45, 7) is 0. The summed E-state index contributed by atoms with van der Waals surface area (Å²) in [4.78, 5) is 0. The highest BCUT2D eigenvalue weighted by Crippen LogP contribution is 2.30. The smallest absolute Gasteiger partial charge is 0.0957 e. The number of rotatable bonds is 0. The lowest BCUT2D eigenvalue weighted by molar-refractivity contribution is 0.633. The largest absolute Gasteiger partial charge is 0.293 e. The van der Waals surface area contributed by atoms with Crippen LogP contribution in [0.2, 0.25) is 0 Å². The molecule has 1 heterocycles. The van der Waals surface area contributed by atoms with Crippen molar-refractivity contribution in [1.29, 1.82) is 0 Å². The molecule has 0 aromatic rings. The van der Waals surface area contributed by atoms with Gasteiger partial charge in [-0.25, -0.2) is 0 Å². The molecule has 1 saturated heterocycles. The number of nitrogens with one attached hydrogen (secondary N) is 1. The van der Waals surface area contributed by atoms with E-state index in [1.54, 1.807) is 0 Å². The molecule has 2 aliphatic carbocycles. The van der Waals surface area contributed by atoms with Gasteiger partial charge in [-0.05, 0) is 23.6 Å². The van der Waals surface area contributed by atoms with E-state index >= 15 is 0 Å². The summed E-state index contributed by atoms with van der Waals surface area (Å²) in [6.07, 6.45) is 21.8. The van der Waals surface area contributed by atoms with E-state index in [-0.39, 0.29) is 6.04 Å². The summed E-state index contributed by atoms with van der Waals surface area (Å²) in [7, 11) is 0. The van der Waals surface area contributed by atoms with E-state index in [9.17, 15) is 0 Å². The number of fused-ring (bicyclic) bond motifs is 3. The van der Waals surface area contributed by atoms with E-state index < -0.39 is 0 Å². The first kappa shape index (κ1) is 11.1. The Bertz CT molecular complexity index is 570. The van der Waals surface area contributed by atoms with E-state index in [0.29, 0.717) is 6.04 Å². The Morgan fingerprint density at radius 1 is 0.944 bits per heavy atom. The lowest BCUT2D eigenvalue weighted by Gasteiger charge is -2.12. The van der Waals surface area contributed by atoms with Crippen molar-refractivity contribution in [3.8, 4) is 11.8 Å². The topological polar surface area (TPSA) is 12.0 Å². The molecule has 0 saturated carbocycles. The van der Waals surface area contributed by atoms with Gasteiger partial charge in [0.1, 0.15) is 0 Å². The van der Waals surface area contributed by atoms with Crippen LogP contribution in [0, 0.1) is 11.8 Å². The molecule has 0 aromatic heterocycles. The van der Waals surface area contributed by atoms with E-state index in [1.165, 1.54) is 11.1 Å². The van der Waals surface area contributed by atoms with Crippen LogP contribution in [0.1, 0.15) is 6.42 Å². The Labute approximate surface area is 108 Å². The van der Waals surface area contributed by atoms with Gasteiger partial charge in [-0.1, -0.05) is 66.5 Å². The first-order valence-electron chi connectivity index (χ1n) is 6.29. The van der Waals surface area contributed by atoms with Gasteiger partial charge < -0.3 is 0 Å². The Kier molecular flexibility index (Phi) is 3.12. The summed E-state index contributed by atoms with van der Waals surface area (Å²) in [5.74, 6) is 6.39. The Hall–Kier alpha value is -2.04. The minimum absolute atomic E-state index is 0.147. The highest BCUT2D eigenvalue weighted by molar-refractivity contribution is 5.53. The van der Waals surface area contributed by atoms with Crippen LogP contribution in [0.15, 0.2) is 71.9 Å². The van der Waals surface area contributed by atoms with Gasteiger partial charge in [-0.15, -0.1) is 0 Å². The van der Waals surface area contributed by atoms with Crippen molar-refractivity contribution in [3.63, 3.8) is 0 Å². The normalized spacial score (nSPS) is 34.9. The van der Waals surface area contributed by atoms with Crippen molar-refractivity contribution in [2.75, 3.05) is 0 Å². The van der Waals surface area contributed by atoms with E-state index in [4.69, 9.17) is 0 Å². The molecule has 0 spiro atoms. The van der Waals surface area contributed by atoms with Gasteiger partial charge >= 0.3 is 0 Å². The van der Waals surface area contributed by atoms with Crippen LogP contribution in [0.25, 0.3) is 0 Å². The third-order valence-electron chi connectivity index (χ3n) is 3.30. The van der Waals surface area contributed by atoms with Gasteiger partial charge in [0.15, 0.2) is 0 Å². The zero-order chi connectivity index (χ0) is 12.2. The van der Waals surface area contributed by atoms with Crippen LogP contribution in [0.4, 0.5) is 0 Å². The minimum atomic E-state index is 0.147. The highest BCUT2D eigenvalue weighted by Gasteiger charge is 2.31. The number of hydrogen-bond donors (Lipinski definition) is 1. The van der Waals surface area contributed by atoms with Crippen molar-refractivity contribution >= 4 is 0 Å². The van der Waals surface area contributed by atoms with Crippen LogP contribution < -0.4 is 5.32 Å². The van der Waals surface area contributed by atoms with Crippen LogP contribution in [-0.4, -0.2) is 12.1 Å². The first-order chi connectivity index (χ1) is 8.95. The van der Waals surface area contributed by atoms with Gasteiger partial charge in [0, 0.05) is 6.04 Å². The quantitative estimate of drug-likeness (QED) is 0.634. The van der Waals surface area contributed by atoms with Crippen LogP contribution in [0.5, 0.6) is 0 Å². The molecule has 1 N–H and O–H groups in total. The van der Waals surface area contributed by atoms with Gasteiger partial charge in [-0.3, -0.25) is 5.32 Å². The highest BCUT2D eigenvalue weighted by atomic mass is 15.0. The lowest BCUT2D eigenvalue weighted by Crippen LogP contribution is -2.29. The second kappa shape index (κ2) is 5.08. The molecule has 1 nitrogen and oxygen atoms in total. The predicted octanol–water partition coefficient (Wildman–Crippen LogP) is 2.83. The summed E-state index contributed by atoms with van der Waals surface area (Å²) >= 11 is 0. The maximum Gasteiger partial charge on any atom is 0.0957 e. The SMILES string of the molecule is C1#CC2NC3CC=CC=C3\C2=C/C=C\C=C/C=C1. The molecule has 18 heavy (non-hydrogen) atoms. The molecule has 88 valence electrons. The van der Waals surface area contributed by atoms with Gasteiger partial charge in [0.2, 0.25) is 0 Å². The van der Waals surface area contributed by atoms with Gasteiger partial charge in [0.05, 0.1) is 6.04 Å². The van der Waals surface area contributed by atoms with E-state index in [2.05, 4.69) is 47.5 Å². The van der Waals surface area contributed by atoms with Crippen LogP contribution in [0.3, 0.4) is 0 Å². The monoisotopic (exact) mass is 233 g/mol. The average Bonchev–Trinajstić information content (AvgIpc) is 2.72. The first-order valence-corrected chi connectivity index (χ1v) is 6.29. The fourth-order valence-corrected chi connectivity index (χ4v) is 2.44. The van der Waals surface area contributed by atoms with Crippen molar-refractivity contribution in [2.45, 2.75) is 18.5 Å². The van der Waals surface area contributed by atoms with Crippen molar-refractivity contribution < 1.29 is 0 Å². The Morgan fingerprint density at radius 3 is 2.78 bits per heavy atom. The summed E-state index contributed by atoms with van der Waals surface area (Å²) in [6, 6.07) is 0.574. The molecule has 1 aliphatic heterocycles. The Morgan fingerprint density at radius 2 is 1.78 bits per heavy atom. The number of allylic oxidation sites excluding steroid dienone is 9. The summed E-state index contributed by atoms with van der Waals surface area (Å²) < 4.78 is 0. The molecular weight excluding hydrogens is 218 g/mol. The zero-order valence-electron chi connectivity index (χ0n) is 10.1. The molecule has 3 aliphatic rings. The molecule has 0 radical (unpaired) electrons. The number of hydrogen-bond acceptors (Lipinski definition) is 1. The molecule has 0 aromatic carbocycles. The molecule has 2 atom stereocenters. The lowest BCUT2D eigenvalue weighted by atomic mass is 9.94. The van der Waals surface area contributed by atoms with E-state index in [0.717, 1.165) is 6.42 Å². The van der Waals surface area contributed by atoms with Crippen molar-refractivity contribution in [2.24, 2.45) is 0 Å². The fourth-order valence-electron chi connectivity index (χ4n) is 2.44. The van der Waals surface area contributed by atoms with Gasteiger partial charge in [0.25, 0.3) is 0 Å². The van der Waals surface area contributed by atoms with Gasteiger partial charge in [-0.2, -0.15) is 0 Å². The Balaban J connectivity index is 2.01. The second-order valence-corrected chi connectivity index (χ2v) is 4.48. The van der Waals surface area contributed by atoms with E-state index in [1.807, 2.05) is 30.4 Å². The second-order valence-electron chi connectivity index (χ2n) is 4.48. The molecule has 2 unspecified atom stereocenters. The summed E-state index contributed by atoms with van der Waals surface area (Å²) in [5, 5.41) is 3.58. The average molecular weight is 233 g/mol. The standard InChI is InChI=1S/C17H15N/c1-2-4-6-10-14-15-11-8-9-13-17(15)18-16(14)12-7-5-3-1/h1-6,8-11,16-18H,13H2/b2-1-,5-3?,6-4-,14-10+. The van der Waals surface area contributed by atoms with Crippen LogP contribution in [-0.2, 0) is 0 Å². The zero-order valence-corrected chi connectivity index (χ0v) is 10.1. The molecule has 1 heteroatoms. The minimum Gasteiger partial charge on any atom is -0.293 e. The fraction of sp³-hybridized carbons (Fsp3) is 0.176. The molecule has 1 fully saturated rings. The maximum absolute atomic E-state index is 3.58. The van der Waals surface area contributed by atoms with Crippen LogP contribution >= 0.6 is 0 Å². The van der Waals surface area contributed by atoms with Crippen molar-refractivity contribution in [1.82, 2.24) is 5.32 Å². The molecule has 0 amide bonds. The molecule has 3 rings (SSSR count). The van der Waals surface area contributed by atoms with Crippen molar-refractivity contribution in [3.05, 3.63) is 71.9 Å². The maximum atomic E-state index is 3.58. The molecule has 0 bridgehead atoms. The predicted molar refractivity (Wildman–Crippen MR) is 75.8 cm³/mol. The summed E-state index contributed by atoms with van der Waals surface area (Å²) in [5.41, 5.74) is 2.69.